The van der Waals surface area contributed by atoms with Crippen LogP contribution in [0, 0.1) is 0 Å². The van der Waals surface area contributed by atoms with E-state index in [1.165, 1.54) is 12.0 Å². The average Bonchev–Trinajstić information content (AvgIpc) is 2.52. The van der Waals surface area contributed by atoms with E-state index >= 15 is 0 Å². The van der Waals surface area contributed by atoms with Crippen LogP contribution in [0.15, 0.2) is 6.20 Å². The Morgan fingerprint density at radius 3 is 2.71 bits per heavy atom. The first-order valence-electron chi connectivity index (χ1n) is 5.50. The van der Waals surface area contributed by atoms with Gasteiger partial charge < -0.3 is 4.59 Å². The van der Waals surface area contributed by atoms with Crippen molar-refractivity contribution < 1.29 is 0 Å². The Labute approximate surface area is 87.8 Å². The summed E-state index contributed by atoms with van der Waals surface area (Å²) in [7, 11) is 2.07. The van der Waals surface area contributed by atoms with Gasteiger partial charge in [0.15, 0.2) is 7.28 Å². The van der Waals surface area contributed by atoms with E-state index in [0.717, 1.165) is 20.5 Å². The van der Waals surface area contributed by atoms with Crippen molar-refractivity contribution in [2.45, 2.75) is 45.8 Å². The zero-order valence-electron chi connectivity index (χ0n) is 9.70. The highest BCUT2D eigenvalue weighted by atomic mass is 15.4. The van der Waals surface area contributed by atoms with E-state index in [0.29, 0.717) is 5.82 Å². The predicted octanol–water partition coefficient (Wildman–Crippen LogP) is 0.586. The van der Waals surface area contributed by atoms with Crippen molar-refractivity contribution >= 4 is 20.3 Å². The van der Waals surface area contributed by atoms with Crippen molar-refractivity contribution in [3.05, 3.63) is 6.20 Å². The average molecular weight is 191 g/mol. The minimum atomic E-state index is 0.632. The fraction of sp³-hybridized carbons (Fsp3) is 0.778. The molecule has 76 valence electrons. The van der Waals surface area contributed by atoms with Gasteiger partial charge in [0, 0.05) is 5.59 Å². The zero-order chi connectivity index (χ0) is 10.6. The van der Waals surface area contributed by atoms with Gasteiger partial charge in [0.2, 0.25) is 0 Å². The minimum absolute atomic E-state index is 0.632. The Balaban J connectivity index is 2.62. The number of rotatable bonds is 5. The molecule has 0 amide bonds. The topological polar surface area (TPSA) is 30.7 Å². The van der Waals surface area contributed by atoms with Crippen molar-refractivity contribution in [1.29, 1.82) is 0 Å². The van der Waals surface area contributed by atoms with Crippen LogP contribution in [0.3, 0.4) is 0 Å². The van der Waals surface area contributed by atoms with Gasteiger partial charge in [-0.05, 0) is 5.82 Å². The summed E-state index contributed by atoms with van der Waals surface area (Å²) >= 11 is 0. The molecular formula is C9H19B2N3. The van der Waals surface area contributed by atoms with E-state index in [1.54, 1.807) is 0 Å². The molecule has 1 unspecified atom stereocenters. The van der Waals surface area contributed by atoms with Crippen LogP contribution >= 0.6 is 0 Å². The summed E-state index contributed by atoms with van der Waals surface area (Å²) in [4.78, 5) is 0. The Morgan fingerprint density at radius 2 is 2.14 bits per heavy atom. The molecular weight excluding hydrogens is 172 g/mol. The number of hydrogen-bond donors (Lipinski definition) is 0. The lowest BCUT2D eigenvalue weighted by Crippen LogP contribution is -2.31. The van der Waals surface area contributed by atoms with Gasteiger partial charge in [0.05, 0.1) is 6.20 Å². The standard InChI is InChI=1S/C9H19B2N3/c1-5-8(4)10-9-6-12-13-14(9)11-7(2)3/h6-8,10-11H,5H2,1-4H3. The van der Waals surface area contributed by atoms with Crippen LogP contribution in [0.5, 0.6) is 0 Å². The van der Waals surface area contributed by atoms with Crippen LogP contribution in [0.2, 0.25) is 11.6 Å². The van der Waals surface area contributed by atoms with Gasteiger partial charge in [0.1, 0.15) is 0 Å². The summed E-state index contributed by atoms with van der Waals surface area (Å²) in [6.45, 7) is 8.90. The molecule has 1 heterocycles. The highest BCUT2D eigenvalue weighted by molar-refractivity contribution is 6.56. The number of hydrogen-bond acceptors (Lipinski definition) is 2. The number of aromatic nitrogens is 3. The van der Waals surface area contributed by atoms with Crippen LogP contribution in [0.25, 0.3) is 0 Å². The maximum Gasteiger partial charge on any atom is 0.270 e. The summed E-state index contributed by atoms with van der Waals surface area (Å²) in [5, 5.41) is 8.09. The molecule has 0 saturated carbocycles. The lowest BCUT2D eigenvalue weighted by Gasteiger charge is -2.09. The molecule has 0 spiro atoms. The molecule has 1 aromatic rings. The minimum Gasteiger partial charge on any atom is -0.308 e. The van der Waals surface area contributed by atoms with Crippen molar-refractivity contribution in [3.8, 4) is 0 Å². The fourth-order valence-corrected chi connectivity index (χ4v) is 1.44. The third-order valence-electron chi connectivity index (χ3n) is 2.49. The summed E-state index contributed by atoms with van der Waals surface area (Å²) in [6, 6.07) is 0. The van der Waals surface area contributed by atoms with Crippen molar-refractivity contribution in [2.24, 2.45) is 0 Å². The molecule has 0 aliphatic rings. The summed E-state index contributed by atoms with van der Waals surface area (Å²) in [5.74, 6) is 1.35. The van der Waals surface area contributed by atoms with Crippen LogP contribution in [-0.2, 0) is 0 Å². The maximum absolute atomic E-state index is 4.11. The first-order chi connectivity index (χ1) is 6.63. The molecule has 1 atom stereocenters. The molecule has 5 heteroatoms. The highest BCUT2D eigenvalue weighted by Gasteiger charge is 2.11. The fourth-order valence-electron chi connectivity index (χ4n) is 1.44. The third kappa shape index (κ3) is 3.20. The normalized spacial score (nSPS) is 12.9. The Morgan fingerprint density at radius 1 is 1.43 bits per heavy atom. The molecule has 0 saturated heterocycles. The molecule has 14 heavy (non-hydrogen) atoms. The first kappa shape index (κ1) is 11.3. The summed E-state index contributed by atoms with van der Waals surface area (Å²) in [6.07, 6.45) is 3.11. The van der Waals surface area contributed by atoms with Gasteiger partial charge >= 0.3 is 0 Å². The van der Waals surface area contributed by atoms with Crippen molar-refractivity contribution in [2.75, 3.05) is 0 Å². The predicted molar refractivity (Wildman–Crippen MR) is 64.2 cm³/mol. The van der Waals surface area contributed by atoms with Crippen LogP contribution in [0.4, 0.5) is 0 Å². The zero-order valence-corrected chi connectivity index (χ0v) is 9.70. The lowest BCUT2D eigenvalue weighted by atomic mass is 9.60. The monoisotopic (exact) mass is 191 g/mol. The summed E-state index contributed by atoms with van der Waals surface area (Å²) < 4.78 is 2.04. The van der Waals surface area contributed by atoms with Gasteiger partial charge in [-0.2, -0.15) is 0 Å². The molecule has 0 N–H and O–H groups in total. The van der Waals surface area contributed by atoms with Crippen molar-refractivity contribution in [1.82, 2.24) is 14.9 Å². The molecule has 1 rings (SSSR count). The van der Waals surface area contributed by atoms with E-state index in [2.05, 4.69) is 38.0 Å². The lowest BCUT2D eigenvalue weighted by molar-refractivity contribution is 0.846. The quantitative estimate of drug-likeness (QED) is 0.637. The SMILES string of the molecule is CCC(C)Bc1cnnn1BC(C)C. The Bertz CT molecular complexity index is 273. The molecule has 0 aliphatic carbocycles. The van der Waals surface area contributed by atoms with Crippen LogP contribution < -0.4 is 5.59 Å². The van der Waals surface area contributed by atoms with E-state index in [-0.39, 0.29) is 0 Å². The van der Waals surface area contributed by atoms with E-state index in [1.807, 2.05) is 10.8 Å². The van der Waals surface area contributed by atoms with Crippen molar-refractivity contribution in [3.63, 3.8) is 0 Å². The third-order valence-corrected chi connectivity index (χ3v) is 2.49. The molecule has 1 aromatic heterocycles. The van der Waals surface area contributed by atoms with Gasteiger partial charge in [-0.1, -0.05) is 45.1 Å². The smallest absolute Gasteiger partial charge is 0.270 e. The molecule has 0 bridgehead atoms. The Hall–Kier alpha value is -0.730. The molecule has 0 fully saturated rings. The molecule has 0 aromatic carbocycles. The van der Waals surface area contributed by atoms with Crippen LogP contribution in [0.1, 0.15) is 34.1 Å². The Kier molecular flexibility index (Phi) is 4.23. The van der Waals surface area contributed by atoms with Gasteiger partial charge in [-0.3, -0.25) is 0 Å². The number of nitrogens with zero attached hydrogens (tertiary/aromatic N) is 3. The molecule has 3 nitrogen and oxygen atoms in total. The van der Waals surface area contributed by atoms with Crippen LogP contribution in [-0.4, -0.2) is 29.6 Å². The second-order valence-corrected chi connectivity index (χ2v) is 4.52. The van der Waals surface area contributed by atoms with Gasteiger partial charge in [-0.15, -0.1) is 5.10 Å². The molecule has 0 aliphatic heterocycles. The van der Waals surface area contributed by atoms with E-state index in [9.17, 15) is 0 Å². The van der Waals surface area contributed by atoms with Gasteiger partial charge in [0.25, 0.3) is 7.41 Å². The first-order valence-corrected chi connectivity index (χ1v) is 5.50. The second kappa shape index (κ2) is 5.23. The largest absolute Gasteiger partial charge is 0.308 e. The van der Waals surface area contributed by atoms with E-state index in [4.69, 9.17) is 0 Å². The maximum atomic E-state index is 4.11. The highest BCUT2D eigenvalue weighted by Crippen LogP contribution is 2.05. The van der Waals surface area contributed by atoms with E-state index < -0.39 is 0 Å². The second-order valence-electron chi connectivity index (χ2n) is 4.52. The van der Waals surface area contributed by atoms with Gasteiger partial charge in [-0.25, -0.2) is 0 Å². The summed E-state index contributed by atoms with van der Waals surface area (Å²) in [5.41, 5.74) is 1.27. The molecule has 0 radical (unpaired) electrons.